The van der Waals surface area contributed by atoms with Gasteiger partial charge in [-0.25, -0.2) is 4.98 Å². The lowest BCUT2D eigenvalue weighted by molar-refractivity contribution is 0.0344. The molecule has 4 heterocycles. The molecule has 210 valence electrons. The van der Waals surface area contributed by atoms with Crippen molar-refractivity contribution in [1.82, 2.24) is 20.0 Å². The van der Waals surface area contributed by atoms with E-state index in [1.165, 1.54) is 5.56 Å². The third-order valence-corrected chi connectivity index (χ3v) is 7.84. The van der Waals surface area contributed by atoms with E-state index in [1.54, 1.807) is 0 Å². The number of β-amino-alcohol motifs (C(OH)–C–C–N with tert-alkyl or cyclic N) is 1. The number of piperazine rings is 1. The highest BCUT2D eigenvalue weighted by atomic mass is 16.5. The van der Waals surface area contributed by atoms with Gasteiger partial charge in [0.15, 0.2) is 0 Å². The average Bonchev–Trinajstić information content (AvgIpc) is 3.29. The first kappa shape index (κ1) is 26.7. The van der Waals surface area contributed by atoms with Crippen molar-refractivity contribution in [2.45, 2.75) is 39.3 Å². The van der Waals surface area contributed by atoms with E-state index in [0.29, 0.717) is 19.8 Å². The summed E-state index contributed by atoms with van der Waals surface area (Å²) in [6.07, 6.45) is 0. The van der Waals surface area contributed by atoms with Crippen LogP contribution in [0.5, 0.6) is 0 Å². The number of fused-ring (bicyclic) bond motifs is 1. The summed E-state index contributed by atoms with van der Waals surface area (Å²) in [7, 11) is 0. The molecule has 2 aliphatic heterocycles. The minimum atomic E-state index is -0.712. The summed E-state index contributed by atoms with van der Waals surface area (Å²) in [5, 5.41) is 15.5. The Balaban J connectivity index is 1.43. The van der Waals surface area contributed by atoms with Crippen LogP contribution in [-0.4, -0.2) is 83.2 Å². The first-order valence-electron chi connectivity index (χ1n) is 14.1. The highest BCUT2D eigenvalue weighted by Crippen LogP contribution is 2.37. The molecule has 0 radical (unpaired) electrons. The lowest BCUT2D eigenvalue weighted by Crippen LogP contribution is -2.51. The van der Waals surface area contributed by atoms with Crippen molar-refractivity contribution in [3.8, 4) is 11.1 Å². The molecule has 6 rings (SSSR count). The Hall–Kier alpha value is -3.53. The van der Waals surface area contributed by atoms with Crippen LogP contribution in [0, 0.1) is 13.8 Å². The maximum Gasteiger partial charge on any atom is 0.227 e. The van der Waals surface area contributed by atoms with Gasteiger partial charge in [0.2, 0.25) is 5.95 Å². The number of ether oxygens (including phenoxy) is 1. The number of anilines is 2. The Morgan fingerprint density at radius 2 is 1.75 bits per heavy atom. The molecule has 1 atom stereocenters. The molecule has 2 aromatic heterocycles. The van der Waals surface area contributed by atoms with Crippen LogP contribution in [0.1, 0.15) is 36.9 Å². The highest BCUT2D eigenvalue weighted by Gasteiger charge is 2.30. The van der Waals surface area contributed by atoms with E-state index in [9.17, 15) is 5.11 Å². The molecule has 2 saturated heterocycles. The van der Waals surface area contributed by atoms with Crippen LogP contribution in [0.4, 0.5) is 11.8 Å². The number of aliphatic hydroxyl groups is 1. The number of hydrogen-bond acceptors (Lipinski definition) is 9. The van der Waals surface area contributed by atoms with Crippen LogP contribution >= 0.6 is 0 Å². The van der Waals surface area contributed by atoms with Gasteiger partial charge in [-0.1, -0.05) is 41.6 Å². The summed E-state index contributed by atoms with van der Waals surface area (Å²) in [5.41, 5.74) is 4.34. The van der Waals surface area contributed by atoms with Gasteiger partial charge in [-0.3, -0.25) is 4.90 Å². The van der Waals surface area contributed by atoms with Gasteiger partial charge in [0.05, 0.1) is 36.1 Å². The molecule has 2 fully saturated rings. The van der Waals surface area contributed by atoms with Crippen molar-refractivity contribution in [1.29, 1.82) is 0 Å². The quantitative estimate of drug-likeness (QED) is 0.381. The molecule has 0 saturated carbocycles. The lowest BCUT2D eigenvalue weighted by atomic mass is 10.0. The van der Waals surface area contributed by atoms with Gasteiger partial charge < -0.3 is 24.2 Å². The molecule has 4 aromatic rings. The summed E-state index contributed by atoms with van der Waals surface area (Å²) >= 11 is 0. The predicted molar refractivity (Wildman–Crippen MR) is 157 cm³/mol. The molecule has 9 heteroatoms. The fourth-order valence-corrected chi connectivity index (χ4v) is 5.97. The minimum Gasteiger partial charge on any atom is -0.389 e. The second-order valence-corrected chi connectivity index (χ2v) is 11.5. The average molecular weight is 543 g/mol. The van der Waals surface area contributed by atoms with Crippen LogP contribution in [0.15, 0.2) is 53.1 Å². The van der Waals surface area contributed by atoms with Crippen molar-refractivity contribution in [3.05, 3.63) is 65.5 Å². The Labute approximate surface area is 235 Å². The molecule has 0 aliphatic carbocycles. The van der Waals surface area contributed by atoms with Gasteiger partial charge in [-0.2, -0.15) is 4.98 Å². The zero-order chi connectivity index (χ0) is 27.9. The van der Waals surface area contributed by atoms with Gasteiger partial charge in [0, 0.05) is 50.2 Å². The first-order chi connectivity index (χ1) is 19.3. The molecule has 0 bridgehead atoms. The topological polar surface area (TPSA) is 91.0 Å². The third kappa shape index (κ3) is 5.41. The maximum atomic E-state index is 10.3. The van der Waals surface area contributed by atoms with E-state index in [0.717, 1.165) is 78.0 Å². The van der Waals surface area contributed by atoms with E-state index in [2.05, 4.69) is 62.3 Å². The SMILES string of the molecule is Cc1noc(C)c1-c1ccc2nc(N3CCN(CC(C)(C)O)CC3)nc(N3CCOC[C@@H]3c3ccccc3)c2c1. The first-order valence-corrected chi connectivity index (χ1v) is 14.1. The van der Waals surface area contributed by atoms with E-state index in [-0.39, 0.29) is 6.04 Å². The lowest BCUT2D eigenvalue weighted by Gasteiger charge is -2.39. The largest absolute Gasteiger partial charge is 0.389 e. The second kappa shape index (κ2) is 10.8. The molecular formula is C31H38N6O3. The zero-order valence-corrected chi connectivity index (χ0v) is 23.8. The number of aromatic nitrogens is 3. The van der Waals surface area contributed by atoms with Gasteiger partial charge in [-0.15, -0.1) is 0 Å². The number of benzene rings is 2. The Bertz CT molecular complexity index is 1450. The molecule has 2 aromatic carbocycles. The molecule has 0 spiro atoms. The number of rotatable bonds is 6. The second-order valence-electron chi connectivity index (χ2n) is 11.5. The molecule has 40 heavy (non-hydrogen) atoms. The summed E-state index contributed by atoms with van der Waals surface area (Å²) < 4.78 is 11.5. The Morgan fingerprint density at radius 3 is 2.45 bits per heavy atom. The highest BCUT2D eigenvalue weighted by molar-refractivity contribution is 5.94. The van der Waals surface area contributed by atoms with Crippen molar-refractivity contribution in [3.63, 3.8) is 0 Å². The number of morpholine rings is 1. The van der Waals surface area contributed by atoms with Crippen LogP contribution in [0.25, 0.3) is 22.0 Å². The number of nitrogens with zero attached hydrogens (tertiary/aromatic N) is 6. The van der Waals surface area contributed by atoms with E-state index >= 15 is 0 Å². The Morgan fingerprint density at radius 1 is 0.975 bits per heavy atom. The summed E-state index contributed by atoms with van der Waals surface area (Å²) in [4.78, 5) is 17.3. The van der Waals surface area contributed by atoms with Crippen LogP contribution in [0.3, 0.4) is 0 Å². The fraction of sp³-hybridized carbons (Fsp3) is 0.452. The van der Waals surface area contributed by atoms with Crippen LogP contribution in [-0.2, 0) is 4.74 Å². The molecule has 0 amide bonds. The van der Waals surface area contributed by atoms with Crippen molar-refractivity contribution in [2.75, 3.05) is 62.3 Å². The molecule has 1 N–H and O–H groups in total. The smallest absolute Gasteiger partial charge is 0.227 e. The standard InChI is InChI=1S/C31H38N6O3/c1-21-28(22(2)40-34-21)24-10-11-26-25(18-24)29(37-16-17-39-19-27(37)23-8-6-5-7-9-23)33-30(32-26)36-14-12-35(13-15-36)20-31(3,4)38/h5-11,18,27,38H,12-17,19-20H2,1-4H3/t27-/m1/s1. The van der Waals surface area contributed by atoms with Crippen molar-refractivity contribution >= 4 is 22.7 Å². The summed E-state index contributed by atoms with van der Waals surface area (Å²) in [6, 6.07) is 16.9. The van der Waals surface area contributed by atoms with E-state index in [4.69, 9.17) is 19.2 Å². The molecule has 0 unspecified atom stereocenters. The maximum absolute atomic E-state index is 10.3. The van der Waals surface area contributed by atoms with Crippen LogP contribution < -0.4 is 9.80 Å². The normalized spacial score (nSPS) is 19.0. The van der Waals surface area contributed by atoms with Gasteiger partial charge >= 0.3 is 0 Å². The molecular weight excluding hydrogens is 504 g/mol. The summed E-state index contributed by atoms with van der Waals surface area (Å²) in [6.45, 7) is 13.6. The fourth-order valence-electron chi connectivity index (χ4n) is 5.97. The number of aryl methyl sites for hydroxylation is 2. The molecule has 9 nitrogen and oxygen atoms in total. The van der Waals surface area contributed by atoms with Gasteiger partial charge in [-0.05, 0) is 51.0 Å². The van der Waals surface area contributed by atoms with Gasteiger partial charge in [0.25, 0.3) is 0 Å². The third-order valence-electron chi connectivity index (χ3n) is 7.84. The monoisotopic (exact) mass is 542 g/mol. The van der Waals surface area contributed by atoms with E-state index in [1.807, 2.05) is 33.8 Å². The minimum absolute atomic E-state index is 0.0484. The molecule has 2 aliphatic rings. The summed E-state index contributed by atoms with van der Waals surface area (Å²) in [5.74, 6) is 2.46. The number of hydrogen-bond donors (Lipinski definition) is 1. The zero-order valence-electron chi connectivity index (χ0n) is 23.8. The predicted octanol–water partition coefficient (Wildman–Crippen LogP) is 4.37. The van der Waals surface area contributed by atoms with E-state index < -0.39 is 5.60 Å². The Kier molecular flexibility index (Phi) is 7.20. The van der Waals surface area contributed by atoms with Crippen molar-refractivity contribution in [2.24, 2.45) is 0 Å². The van der Waals surface area contributed by atoms with Crippen LogP contribution in [0.2, 0.25) is 0 Å². The van der Waals surface area contributed by atoms with Gasteiger partial charge in [0.1, 0.15) is 11.6 Å². The van der Waals surface area contributed by atoms with Crippen molar-refractivity contribution < 1.29 is 14.4 Å².